The minimum Gasteiger partial charge on any atom is -0.368 e. The standard InChI is InChI=1S/C20H26N6O/c1-17(27)23-9-13-25(14-10-23)19-7-8-21-20(22-19)26-15-11-24(12-16-26)18-5-3-2-4-6-18/h2-8H,9-16H2,1H3. The second-order valence-corrected chi connectivity index (χ2v) is 7.02. The van der Waals surface area contributed by atoms with Crippen molar-refractivity contribution in [3.05, 3.63) is 42.6 Å². The molecule has 1 aromatic heterocycles. The lowest BCUT2D eigenvalue weighted by atomic mass is 10.2. The predicted octanol–water partition coefficient (Wildman–Crippen LogP) is 1.47. The molecule has 0 bridgehead atoms. The number of piperazine rings is 2. The van der Waals surface area contributed by atoms with E-state index < -0.39 is 0 Å². The van der Waals surface area contributed by atoms with Crippen LogP contribution in [0.2, 0.25) is 0 Å². The van der Waals surface area contributed by atoms with Crippen molar-refractivity contribution in [1.82, 2.24) is 14.9 Å². The van der Waals surface area contributed by atoms with E-state index in [1.807, 2.05) is 17.2 Å². The van der Waals surface area contributed by atoms with Crippen LogP contribution in [0.5, 0.6) is 0 Å². The average molecular weight is 366 g/mol. The maximum Gasteiger partial charge on any atom is 0.227 e. The number of carbonyl (C=O) groups is 1. The largest absolute Gasteiger partial charge is 0.368 e. The van der Waals surface area contributed by atoms with Crippen molar-refractivity contribution in [2.75, 3.05) is 67.1 Å². The first-order chi connectivity index (χ1) is 13.2. The summed E-state index contributed by atoms with van der Waals surface area (Å²) in [7, 11) is 0. The molecular formula is C20H26N6O. The van der Waals surface area contributed by atoms with Crippen molar-refractivity contribution in [2.24, 2.45) is 0 Å². The smallest absolute Gasteiger partial charge is 0.227 e. The molecule has 3 heterocycles. The summed E-state index contributed by atoms with van der Waals surface area (Å²) in [6.45, 7) is 8.54. The van der Waals surface area contributed by atoms with Crippen molar-refractivity contribution in [3.63, 3.8) is 0 Å². The quantitative estimate of drug-likeness (QED) is 0.820. The summed E-state index contributed by atoms with van der Waals surface area (Å²) in [6, 6.07) is 12.5. The molecule has 2 fully saturated rings. The number of anilines is 3. The number of hydrogen-bond donors (Lipinski definition) is 0. The van der Waals surface area contributed by atoms with Crippen LogP contribution in [0.1, 0.15) is 6.92 Å². The maximum atomic E-state index is 11.5. The zero-order chi connectivity index (χ0) is 18.6. The minimum atomic E-state index is 0.148. The Hall–Kier alpha value is -2.83. The van der Waals surface area contributed by atoms with Crippen molar-refractivity contribution < 1.29 is 4.79 Å². The summed E-state index contributed by atoms with van der Waals surface area (Å²) < 4.78 is 0. The molecule has 1 aromatic carbocycles. The molecule has 0 atom stereocenters. The van der Waals surface area contributed by atoms with Gasteiger partial charge in [0, 0.05) is 71.2 Å². The fourth-order valence-corrected chi connectivity index (χ4v) is 3.72. The van der Waals surface area contributed by atoms with Gasteiger partial charge in [-0.3, -0.25) is 4.79 Å². The molecule has 7 heteroatoms. The summed E-state index contributed by atoms with van der Waals surface area (Å²) in [6.07, 6.45) is 1.85. The van der Waals surface area contributed by atoms with Gasteiger partial charge in [-0.05, 0) is 18.2 Å². The number of benzene rings is 1. The van der Waals surface area contributed by atoms with Crippen LogP contribution in [0.25, 0.3) is 0 Å². The Balaban J connectivity index is 1.38. The van der Waals surface area contributed by atoms with E-state index in [-0.39, 0.29) is 5.91 Å². The van der Waals surface area contributed by atoms with Gasteiger partial charge in [-0.25, -0.2) is 4.98 Å². The molecule has 0 N–H and O–H groups in total. The summed E-state index contributed by atoms with van der Waals surface area (Å²) >= 11 is 0. The van der Waals surface area contributed by atoms with Crippen molar-refractivity contribution in [1.29, 1.82) is 0 Å². The highest BCUT2D eigenvalue weighted by atomic mass is 16.2. The van der Waals surface area contributed by atoms with Gasteiger partial charge in [-0.2, -0.15) is 4.98 Å². The highest BCUT2D eigenvalue weighted by molar-refractivity contribution is 5.73. The van der Waals surface area contributed by atoms with E-state index in [4.69, 9.17) is 4.98 Å². The third-order valence-corrected chi connectivity index (χ3v) is 5.36. The molecule has 0 unspecified atom stereocenters. The van der Waals surface area contributed by atoms with Crippen LogP contribution in [0.4, 0.5) is 17.5 Å². The van der Waals surface area contributed by atoms with Gasteiger partial charge in [0.1, 0.15) is 5.82 Å². The lowest BCUT2D eigenvalue weighted by Gasteiger charge is -2.37. The number of nitrogens with zero attached hydrogens (tertiary/aromatic N) is 6. The van der Waals surface area contributed by atoms with Gasteiger partial charge in [-0.15, -0.1) is 0 Å². The van der Waals surface area contributed by atoms with Crippen molar-refractivity contribution in [3.8, 4) is 0 Å². The van der Waals surface area contributed by atoms with E-state index in [0.29, 0.717) is 0 Å². The van der Waals surface area contributed by atoms with Gasteiger partial charge in [0.15, 0.2) is 0 Å². The summed E-state index contributed by atoms with van der Waals surface area (Å²) in [5.41, 5.74) is 1.27. The second-order valence-electron chi connectivity index (χ2n) is 7.02. The summed E-state index contributed by atoms with van der Waals surface area (Å²) in [4.78, 5) is 29.6. The molecule has 142 valence electrons. The third kappa shape index (κ3) is 3.97. The van der Waals surface area contributed by atoms with Gasteiger partial charge >= 0.3 is 0 Å². The Labute approximate surface area is 160 Å². The van der Waals surface area contributed by atoms with Crippen LogP contribution in [0.3, 0.4) is 0 Å². The van der Waals surface area contributed by atoms with E-state index in [0.717, 1.165) is 64.1 Å². The monoisotopic (exact) mass is 366 g/mol. The molecule has 2 aromatic rings. The molecule has 0 aliphatic carbocycles. The van der Waals surface area contributed by atoms with Crippen LogP contribution in [-0.4, -0.2) is 73.1 Å². The van der Waals surface area contributed by atoms with E-state index in [9.17, 15) is 4.79 Å². The van der Waals surface area contributed by atoms with Crippen LogP contribution < -0.4 is 14.7 Å². The number of rotatable bonds is 3. The number of hydrogen-bond acceptors (Lipinski definition) is 6. The van der Waals surface area contributed by atoms with Crippen molar-refractivity contribution in [2.45, 2.75) is 6.92 Å². The lowest BCUT2D eigenvalue weighted by molar-refractivity contribution is -0.129. The Morgan fingerprint density at radius 2 is 1.44 bits per heavy atom. The normalized spacial score (nSPS) is 18.0. The predicted molar refractivity (Wildman–Crippen MR) is 107 cm³/mol. The summed E-state index contributed by atoms with van der Waals surface area (Å²) in [5, 5.41) is 0. The average Bonchev–Trinajstić information content (AvgIpc) is 2.75. The second kappa shape index (κ2) is 7.82. The SMILES string of the molecule is CC(=O)N1CCN(c2ccnc(N3CCN(c4ccccc4)CC3)n2)CC1. The Morgan fingerprint density at radius 3 is 2.11 bits per heavy atom. The highest BCUT2D eigenvalue weighted by Crippen LogP contribution is 2.20. The Kier molecular flexibility index (Phi) is 5.09. The number of aromatic nitrogens is 2. The van der Waals surface area contributed by atoms with Crippen LogP contribution >= 0.6 is 0 Å². The minimum absolute atomic E-state index is 0.148. The number of amides is 1. The molecule has 1 amide bonds. The lowest BCUT2D eigenvalue weighted by Crippen LogP contribution is -2.49. The molecule has 2 saturated heterocycles. The van der Waals surface area contributed by atoms with E-state index >= 15 is 0 Å². The van der Waals surface area contributed by atoms with Crippen molar-refractivity contribution >= 4 is 23.4 Å². The Morgan fingerprint density at radius 1 is 0.815 bits per heavy atom. The van der Waals surface area contributed by atoms with Crippen LogP contribution in [0, 0.1) is 0 Å². The molecule has 0 spiro atoms. The van der Waals surface area contributed by atoms with Gasteiger partial charge < -0.3 is 19.6 Å². The fraction of sp³-hybridized carbons (Fsp3) is 0.450. The topological polar surface area (TPSA) is 55.8 Å². The van der Waals surface area contributed by atoms with Crippen LogP contribution in [-0.2, 0) is 4.79 Å². The molecular weight excluding hydrogens is 340 g/mol. The van der Waals surface area contributed by atoms with Crippen LogP contribution in [0.15, 0.2) is 42.6 Å². The molecule has 27 heavy (non-hydrogen) atoms. The van der Waals surface area contributed by atoms with Gasteiger partial charge in [0.25, 0.3) is 0 Å². The molecule has 2 aliphatic heterocycles. The molecule has 0 radical (unpaired) electrons. The van der Waals surface area contributed by atoms with Gasteiger partial charge in [0.05, 0.1) is 0 Å². The van der Waals surface area contributed by atoms with E-state index in [2.05, 4.69) is 50.0 Å². The number of para-hydroxylation sites is 1. The van der Waals surface area contributed by atoms with E-state index in [1.54, 1.807) is 6.92 Å². The van der Waals surface area contributed by atoms with E-state index in [1.165, 1.54) is 5.69 Å². The first-order valence-corrected chi connectivity index (χ1v) is 9.59. The Bertz CT molecular complexity index is 767. The zero-order valence-electron chi connectivity index (χ0n) is 15.8. The van der Waals surface area contributed by atoms with Gasteiger partial charge in [0.2, 0.25) is 11.9 Å². The third-order valence-electron chi connectivity index (χ3n) is 5.36. The van der Waals surface area contributed by atoms with Gasteiger partial charge in [-0.1, -0.05) is 18.2 Å². The summed E-state index contributed by atoms with van der Waals surface area (Å²) in [5.74, 6) is 1.90. The fourth-order valence-electron chi connectivity index (χ4n) is 3.72. The molecule has 0 saturated carbocycles. The molecule has 2 aliphatic rings. The zero-order valence-corrected chi connectivity index (χ0v) is 15.8. The number of carbonyl (C=O) groups excluding carboxylic acids is 1. The maximum absolute atomic E-state index is 11.5. The molecule has 4 rings (SSSR count). The molecule has 7 nitrogen and oxygen atoms in total. The highest BCUT2D eigenvalue weighted by Gasteiger charge is 2.22. The first-order valence-electron chi connectivity index (χ1n) is 9.59. The first kappa shape index (κ1) is 17.6.